The van der Waals surface area contributed by atoms with Gasteiger partial charge >= 0.3 is 0 Å². The second-order valence-electron chi connectivity index (χ2n) is 5.77. The lowest BCUT2D eigenvalue weighted by Gasteiger charge is -2.15. The fraction of sp³-hybridized carbons (Fsp3) is 0.647. The van der Waals surface area contributed by atoms with Gasteiger partial charge in [-0.1, -0.05) is 19.9 Å². The average molecular weight is 295 g/mol. The van der Waals surface area contributed by atoms with Crippen LogP contribution in [0.2, 0.25) is 0 Å². The first-order valence-corrected chi connectivity index (χ1v) is 7.65. The maximum atomic E-state index is 5.84. The molecule has 0 fully saturated rings. The molecule has 21 heavy (non-hydrogen) atoms. The van der Waals surface area contributed by atoms with Crippen LogP contribution in [0.3, 0.4) is 0 Å². The molecule has 0 aliphatic carbocycles. The molecule has 0 aliphatic heterocycles. The number of benzene rings is 1. The van der Waals surface area contributed by atoms with Gasteiger partial charge in [-0.2, -0.15) is 0 Å². The van der Waals surface area contributed by atoms with Gasteiger partial charge in [0.05, 0.1) is 19.8 Å². The Morgan fingerprint density at radius 2 is 1.86 bits per heavy atom. The van der Waals surface area contributed by atoms with Gasteiger partial charge in [0.15, 0.2) is 0 Å². The first kappa shape index (κ1) is 17.8. The molecule has 0 radical (unpaired) electrons. The third-order valence-electron chi connectivity index (χ3n) is 2.93. The van der Waals surface area contributed by atoms with E-state index in [1.807, 2.05) is 32.0 Å². The van der Waals surface area contributed by atoms with E-state index in [9.17, 15) is 0 Å². The maximum absolute atomic E-state index is 5.84. The lowest BCUT2D eigenvalue weighted by Crippen LogP contribution is -2.20. The summed E-state index contributed by atoms with van der Waals surface area (Å²) in [6.07, 6.45) is 0.228. The molecule has 0 spiro atoms. The lowest BCUT2D eigenvalue weighted by atomic mass is 10.1. The Morgan fingerprint density at radius 1 is 1.10 bits per heavy atom. The summed E-state index contributed by atoms with van der Waals surface area (Å²) in [4.78, 5) is 0. The molecule has 0 saturated carbocycles. The first-order valence-electron chi connectivity index (χ1n) is 7.65. The van der Waals surface area contributed by atoms with Crippen LogP contribution in [0, 0.1) is 5.92 Å². The molecule has 1 aromatic carbocycles. The first-order chi connectivity index (χ1) is 10.0. The molecular formula is C17H29NO3. The number of hydrogen-bond donors (Lipinski definition) is 1. The number of ether oxygens (including phenoxy) is 3. The highest BCUT2D eigenvalue weighted by molar-refractivity contribution is 5.40. The summed E-state index contributed by atoms with van der Waals surface area (Å²) in [5, 5.41) is 3.44. The molecule has 0 unspecified atom stereocenters. The van der Waals surface area contributed by atoms with Crippen molar-refractivity contribution in [3.05, 3.63) is 23.8 Å². The number of rotatable bonds is 10. The van der Waals surface area contributed by atoms with E-state index in [0.29, 0.717) is 19.1 Å². The van der Waals surface area contributed by atoms with Crippen LogP contribution in [0.4, 0.5) is 0 Å². The summed E-state index contributed by atoms with van der Waals surface area (Å²) in [6.45, 7) is 11.4. The number of hydrogen-bond acceptors (Lipinski definition) is 4. The van der Waals surface area contributed by atoms with Crippen molar-refractivity contribution < 1.29 is 14.2 Å². The molecule has 4 nitrogen and oxygen atoms in total. The van der Waals surface area contributed by atoms with Gasteiger partial charge in [0.2, 0.25) is 0 Å². The molecular weight excluding hydrogens is 266 g/mol. The van der Waals surface area contributed by atoms with E-state index in [2.05, 4.69) is 19.2 Å². The van der Waals surface area contributed by atoms with Crippen LogP contribution in [0.1, 0.15) is 33.3 Å². The van der Waals surface area contributed by atoms with Crippen molar-refractivity contribution in [3.8, 4) is 11.5 Å². The minimum atomic E-state index is 0.228. The fourth-order valence-corrected chi connectivity index (χ4v) is 1.87. The molecule has 0 amide bonds. The normalized spacial score (nSPS) is 11.2. The van der Waals surface area contributed by atoms with Gasteiger partial charge in [-0.25, -0.2) is 0 Å². The van der Waals surface area contributed by atoms with Crippen LogP contribution in [0.5, 0.6) is 11.5 Å². The van der Waals surface area contributed by atoms with Gasteiger partial charge in [-0.15, -0.1) is 0 Å². The third-order valence-corrected chi connectivity index (χ3v) is 2.93. The summed E-state index contributed by atoms with van der Waals surface area (Å²) in [7, 11) is 1.66. The molecule has 0 aromatic heterocycles. The van der Waals surface area contributed by atoms with Crippen LogP contribution in [0.25, 0.3) is 0 Å². The summed E-state index contributed by atoms with van der Waals surface area (Å²) < 4.78 is 16.6. The predicted octanol–water partition coefficient (Wildman–Crippen LogP) is 3.24. The van der Waals surface area contributed by atoms with Gasteiger partial charge in [-0.3, -0.25) is 0 Å². The zero-order chi connectivity index (χ0) is 15.7. The SMILES string of the molecule is COc1ccc(CNCC(C)C)c(OCCOC(C)C)c1. The second-order valence-corrected chi connectivity index (χ2v) is 5.77. The topological polar surface area (TPSA) is 39.7 Å². The minimum absolute atomic E-state index is 0.228. The van der Waals surface area contributed by atoms with E-state index in [0.717, 1.165) is 30.2 Å². The molecule has 0 heterocycles. The van der Waals surface area contributed by atoms with Crippen molar-refractivity contribution in [2.45, 2.75) is 40.3 Å². The van der Waals surface area contributed by atoms with Crippen molar-refractivity contribution in [2.24, 2.45) is 5.92 Å². The molecule has 4 heteroatoms. The number of methoxy groups -OCH3 is 1. The van der Waals surface area contributed by atoms with E-state index >= 15 is 0 Å². The lowest BCUT2D eigenvalue weighted by molar-refractivity contribution is 0.0550. The van der Waals surface area contributed by atoms with Crippen molar-refractivity contribution in [3.63, 3.8) is 0 Å². The largest absolute Gasteiger partial charge is 0.497 e. The molecule has 1 aromatic rings. The summed E-state index contributed by atoms with van der Waals surface area (Å²) >= 11 is 0. The van der Waals surface area contributed by atoms with Crippen LogP contribution < -0.4 is 14.8 Å². The minimum Gasteiger partial charge on any atom is -0.497 e. The van der Waals surface area contributed by atoms with Gasteiger partial charge in [0, 0.05) is 18.2 Å². The smallest absolute Gasteiger partial charge is 0.127 e. The standard InChI is InChI=1S/C17H29NO3/c1-13(2)11-18-12-15-6-7-16(19-5)10-17(15)21-9-8-20-14(3)4/h6-7,10,13-14,18H,8-9,11-12H2,1-5H3. The van der Waals surface area contributed by atoms with Crippen molar-refractivity contribution >= 4 is 0 Å². The molecule has 0 bridgehead atoms. The van der Waals surface area contributed by atoms with E-state index in [4.69, 9.17) is 14.2 Å². The van der Waals surface area contributed by atoms with E-state index in [1.165, 1.54) is 0 Å². The highest BCUT2D eigenvalue weighted by Crippen LogP contribution is 2.24. The van der Waals surface area contributed by atoms with Gasteiger partial charge in [-0.05, 0) is 32.4 Å². The Hall–Kier alpha value is -1.26. The predicted molar refractivity (Wildman–Crippen MR) is 86.1 cm³/mol. The molecule has 0 atom stereocenters. The number of nitrogens with one attached hydrogen (secondary N) is 1. The zero-order valence-corrected chi connectivity index (χ0v) is 13.9. The van der Waals surface area contributed by atoms with Gasteiger partial charge in [0.1, 0.15) is 18.1 Å². The second kappa shape index (κ2) is 9.64. The quantitative estimate of drug-likeness (QED) is 0.673. The Labute approximate surface area is 128 Å². The summed E-state index contributed by atoms with van der Waals surface area (Å²) in [5.41, 5.74) is 1.14. The molecule has 0 saturated heterocycles. The highest BCUT2D eigenvalue weighted by Gasteiger charge is 2.07. The third kappa shape index (κ3) is 7.34. The van der Waals surface area contributed by atoms with Crippen LogP contribution in [-0.4, -0.2) is 33.0 Å². The summed E-state index contributed by atoms with van der Waals surface area (Å²) in [5.74, 6) is 2.30. The summed E-state index contributed by atoms with van der Waals surface area (Å²) in [6, 6.07) is 5.94. The monoisotopic (exact) mass is 295 g/mol. The van der Waals surface area contributed by atoms with E-state index < -0.39 is 0 Å². The highest BCUT2D eigenvalue weighted by atomic mass is 16.5. The van der Waals surface area contributed by atoms with Crippen molar-refractivity contribution in [1.29, 1.82) is 0 Å². The van der Waals surface area contributed by atoms with Crippen molar-refractivity contribution in [1.82, 2.24) is 5.32 Å². The van der Waals surface area contributed by atoms with Crippen LogP contribution in [0.15, 0.2) is 18.2 Å². The Kier molecular flexibility index (Phi) is 8.16. The van der Waals surface area contributed by atoms with Crippen LogP contribution >= 0.6 is 0 Å². The Bertz CT molecular complexity index is 405. The molecule has 0 aliphatic rings. The van der Waals surface area contributed by atoms with Crippen molar-refractivity contribution in [2.75, 3.05) is 26.9 Å². The Balaban J connectivity index is 2.59. The fourth-order valence-electron chi connectivity index (χ4n) is 1.87. The molecule has 1 rings (SSSR count). The Morgan fingerprint density at radius 3 is 2.48 bits per heavy atom. The maximum Gasteiger partial charge on any atom is 0.127 e. The van der Waals surface area contributed by atoms with Gasteiger partial charge < -0.3 is 19.5 Å². The van der Waals surface area contributed by atoms with E-state index in [1.54, 1.807) is 7.11 Å². The average Bonchev–Trinajstić information content (AvgIpc) is 2.44. The van der Waals surface area contributed by atoms with E-state index in [-0.39, 0.29) is 6.10 Å². The zero-order valence-electron chi connectivity index (χ0n) is 13.9. The van der Waals surface area contributed by atoms with Crippen LogP contribution in [-0.2, 0) is 11.3 Å². The molecule has 1 N–H and O–H groups in total. The van der Waals surface area contributed by atoms with Gasteiger partial charge in [0.25, 0.3) is 0 Å². The molecule has 120 valence electrons.